The van der Waals surface area contributed by atoms with Gasteiger partial charge in [-0.3, -0.25) is 4.90 Å². The SMILES string of the molecule is C[C@@H]1C(N2CCOCC2)CN1C(=O)OCc1ccccc1. The van der Waals surface area contributed by atoms with Crippen LogP contribution in [0.25, 0.3) is 0 Å². The van der Waals surface area contributed by atoms with Gasteiger partial charge in [0, 0.05) is 31.7 Å². The summed E-state index contributed by atoms with van der Waals surface area (Å²) in [5.41, 5.74) is 1.02. The zero-order chi connectivity index (χ0) is 14.7. The van der Waals surface area contributed by atoms with Crippen molar-refractivity contribution in [2.24, 2.45) is 0 Å². The largest absolute Gasteiger partial charge is 0.445 e. The fourth-order valence-corrected chi connectivity index (χ4v) is 2.96. The molecule has 2 saturated heterocycles. The number of likely N-dealkylation sites (tertiary alicyclic amines) is 1. The van der Waals surface area contributed by atoms with Crippen LogP contribution in [0.4, 0.5) is 4.79 Å². The second-order valence-corrected chi connectivity index (χ2v) is 5.65. The van der Waals surface area contributed by atoms with E-state index in [0.29, 0.717) is 12.6 Å². The van der Waals surface area contributed by atoms with Crippen molar-refractivity contribution in [2.75, 3.05) is 32.8 Å². The summed E-state index contributed by atoms with van der Waals surface area (Å²) >= 11 is 0. The van der Waals surface area contributed by atoms with Gasteiger partial charge in [0.1, 0.15) is 6.61 Å². The summed E-state index contributed by atoms with van der Waals surface area (Å²) in [4.78, 5) is 16.3. The lowest BCUT2D eigenvalue weighted by molar-refractivity contribution is -0.0585. The Balaban J connectivity index is 1.46. The number of hydrogen-bond acceptors (Lipinski definition) is 4. The van der Waals surface area contributed by atoms with Gasteiger partial charge in [0.05, 0.1) is 13.2 Å². The minimum atomic E-state index is -0.212. The van der Waals surface area contributed by atoms with Gasteiger partial charge in [-0.15, -0.1) is 0 Å². The molecule has 2 atom stereocenters. The highest BCUT2D eigenvalue weighted by molar-refractivity contribution is 5.69. The van der Waals surface area contributed by atoms with Crippen LogP contribution in [0.5, 0.6) is 0 Å². The van der Waals surface area contributed by atoms with Crippen LogP contribution >= 0.6 is 0 Å². The van der Waals surface area contributed by atoms with E-state index in [1.165, 1.54) is 0 Å². The van der Waals surface area contributed by atoms with Crippen LogP contribution in [0.15, 0.2) is 30.3 Å². The summed E-state index contributed by atoms with van der Waals surface area (Å²) in [6, 6.07) is 10.4. The average Bonchev–Trinajstić information content (AvgIpc) is 2.53. The zero-order valence-corrected chi connectivity index (χ0v) is 12.4. The Morgan fingerprint density at radius 3 is 2.67 bits per heavy atom. The van der Waals surface area contributed by atoms with Gasteiger partial charge in [0.25, 0.3) is 0 Å². The van der Waals surface area contributed by atoms with E-state index in [-0.39, 0.29) is 12.1 Å². The maximum absolute atomic E-state index is 12.1. The molecule has 114 valence electrons. The first-order valence-corrected chi connectivity index (χ1v) is 7.55. The Morgan fingerprint density at radius 1 is 1.29 bits per heavy atom. The molecule has 0 aliphatic carbocycles. The molecule has 1 aromatic rings. The zero-order valence-electron chi connectivity index (χ0n) is 12.4. The third-order valence-electron chi connectivity index (χ3n) is 4.39. The summed E-state index contributed by atoms with van der Waals surface area (Å²) in [7, 11) is 0. The minimum Gasteiger partial charge on any atom is -0.445 e. The summed E-state index contributed by atoms with van der Waals surface area (Å²) in [5, 5.41) is 0. The predicted octanol–water partition coefficient (Wildman–Crippen LogP) is 1.73. The summed E-state index contributed by atoms with van der Waals surface area (Å²) in [6.45, 7) is 6.69. The van der Waals surface area contributed by atoms with Crippen molar-refractivity contribution in [3.63, 3.8) is 0 Å². The fraction of sp³-hybridized carbons (Fsp3) is 0.562. The van der Waals surface area contributed by atoms with E-state index in [1.54, 1.807) is 0 Å². The van der Waals surface area contributed by atoms with Crippen LogP contribution in [0, 0.1) is 0 Å². The van der Waals surface area contributed by atoms with Crippen LogP contribution in [0.3, 0.4) is 0 Å². The smallest absolute Gasteiger partial charge is 0.410 e. The molecule has 1 aromatic carbocycles. The van der Waals surface area contributed by atoms with E-state index in [1.807, 2.05) is 35.2 Å². The van der Waals surface area contributed by atoms with E-state index in [9.17, 15) is 4.79 Å². The summed E-state index contributed by atoms with van der Waals surface area (Å²) < 4.78 is 10.8. The van der Waals surface area contributed by atoms with Crippen molar-refractivity contribution in [1.82, 2.24) is 9.80 Å². The molecule has 2 aliphatic heterocycles. The van der Waals surface area contributed by atoms with Crippen LogP contribution in [-0.4, -0.2) is 60.8 Å². The van der Waals surface area contributed by atoms with Gasteiger partial charge in [-0.25, -0.2) is 4.79 Å². The lowest BCUT2D eigenvalue weighted by Crippen LogP contribution is -2.68. The molecule has 0 spiro atoms. The molecule has 2 heterocycles. The maximum Gasteiger partial charge on any atom is 0.410 e. The van der Waals surface area contributed by atoms with Gasteiger partial charge >= 0.3 is 6.09 Å². The van der Waals surface area contributed by atoms with Gasteiger partial charge in [0.2, 0.25) is 0 Å². The molecule has 0 saturated carbocycles. The summed E-state index contributed by atoms with van der Waals surface area (Å²) in [5.74, 6) is 0. The topological polar surface area (TPSA) is 42.0 Å². The highest BCUT2D eigenvalue weighted by atomic mass is 16.6. The van der Waals surface area contributed by atoms with Gasteiger partial charge < -0.3 is 14.4 Å². The lowest BCUT2D eigenvalue weighted by atomic mass is 9.97. The van der Waals surface area contributed by atoms with Gasteiger partial charge in [-0.05, 0) is 12.5 Å². The van der Waals surface area contributed by atoms with Crippen LogP contribution < -0.4 is 0 Å². The van der Waals surface area contributed by atoms with Crippen molar-refractivity contribution in [3.8, 4) is 0 Å². The first-order chi connectivity index (χ1) is 10.3. The van der Waals surface area contributed by atoms with Gasteiger partial charge in [-0.2, -0.15) is 0 Å². The number of benzene rings is 1. The van der Waals surface area contributed by atoms with Crippen molar-refractivity contribution >= 4 is 6.09 Å². The average molecular weight is 290 g/mol. The predicted molar refractivity (Wildman–Crippen MR) is 79.0 cm³/mol. The number of ether oxygens (including phenoxy) is 2. The molecule has 1 unspecified atom stereocenters. The molecule has 3 rings (SSSR count). The van der Waals surface area contributed by atoms with E-state index in [4.69, 9.17) is 9.47 Å². The van der Waals surface area contributed by atoms with E-state index in [0.717, 1.165) is 38.4 Å². The number of carbonyl (C=O) groups excluding carboxylic acids is 1. The third-order valence-corrected chi connectivity index (χ3v) is 4.39. The van der Waals surface area contributed by atoms with E-state index in [2.05, 4.69) is 11.8 Å². The molecular formula is C16H22N2O3. The highest BCUT2D eigenvalue weighted by Gasteiger charge is 2.43. The normalized spacial score (nSPS) is 26.2. The van der Waals surface area contributed by atoms with Crippen LogP contribution in [0.2, 0.25) is 0 Å². The number of hydrogen-bond donors (Lipinski definition) is 0. The van der Waals surface area contributed by atoms with E-state index >= 15 is 0 Å². The van der Waals surface area contributed by atoms with Crippen LogP contribution in [-0.2, 0) is 16.1 Å². The molecule has 1 amide bonds. The minimum absolute atomic E-state index is 0.212. The molecule has 0 radical (unpaired) electrons. The number of rotatable bonds is 3. The standard InChI is InChI=1S/C16H22N2O3/c1-13-15(17-7-9-20-10-8-17)11-18(13)16(19)21-12-14-5-3-2-4-6-14/h2-6,13,15H,7-12H2,1H3/t13-,15?/m1/s1. The lowest BCUT2D eigenvalue weighted by Gasteiger charge is -2.51. The number of carbonyl (C=O) groups is 1. The Hall–Kier alpha value is -1.59. The molecule has 5 nitrogen and oxygen atoms in total. The van der Waals surface area contributed by atoms with Crippen molar-refractivity contribution in [2.45, 2.75) is 25.6 Å². The van der Waals surface area contributed by atoms with Crippen molar-refractivity contribution in [1.29, 1.82) is 0 Å². The molecule has 2 aliphatic rings. The Labute approximate surface area is 125 Å². The molecular weight excluding hydrogens is 268 g/mol. The molecule has 0 bridgehead atoms. The molecule has 0 N–H and O–H groups in total. The second kappa shape index (κ2) is 6.45. The van der Waals surface area contributed by atoms with E-state index < -0.39 is 0 Å². The highest BCUT2D eigenvalue weighted by Crippen LogP contribution is 2.25. The molecule has 2 fully saturated rings. The van der Waals surface area contributed by atoms with Gasteiger partial charge in [0.15, 0.2) is 0 Å². The number of morpholine rings is 1. The maximum atomic E-state index is 12.1. The number of amides is 1. The molecule has 0 aromatic heterocycles. The Morgan fingerprint density at radius 2 is 2.00 bits per heavy atom. The van der Waals surface area contributed by atoms with Crippen LogP contribution in [0.1, 0.15) is 12.5 Å². The Kier molecular flexibility index (Phi) is 4.41. The number of nitrogens with zero attached hydrogens (tertiary/aromatic N) is 2. The molecule has 5 heteroatoms. The van der Waals surface area contributed by atoms with Crippen molar-refractivity contribution in [3.05, 3.63) is 35.9 Å². The molecule has 21 heavy (non-hydrogen) atoms. The Bertz CT molecular complexity index is 474. The fourth-order valence-electron chi connectivity index (χ4n) is 2.96. The van der Waals surface area contributed by atoms with Gasteiger partial charge in [-0.1, -0.05) is 30.3 Å². The van der Waals surface area contributed by atoms with Crippen molar-refractivity contribution < 1.29 is 14.3 Å². The second-order valence-electron chi connectivity index (χ2n) is 5.65. The first-order valence-electron chi connectivity index (χ1n) is 7.55. The first kappa shape index (κ1) is 14.4. The monoisotopic (exact) mass is 290 g/mol. The summed E-state index contributed by atoms with van der Waals surface area (Å²) in [6.07, 6.45) is -0.212. The third kappa shape index (κ3) is 3.19. The quantitative estimate of drug-likeness (QED) is 0.850.